The van der Waals surface area contributed by atoms with Crippen molar-refractivity contribution in [3.8, 4) is 17.0 Å². The fourth-order valence-corrected chi connectivity index (χ4v) is 2.98. The minimum atomic E-state index is -4.79. The summed E-state index contributed by atoms with van der Waals surface area (Å²) in [5.74, 6) is 0.519. The van der Waals surface area contributed by atoms with Gasteiger partial charge in [-0.3, -0.25) is 0 Å². The third-order valence-electron chi connectivity index (χ3n) is 4.72. The number of anilines is 2. The monoisotopic (exact) mass is 446 g/mol. The molecule has 0 amide bonds. The lowest BCUT2D eigenvalue weighted by molar-refractivity contribution is -0.274. The smallest absolute Gasteiger partial charge is 0.406 e. The second kappa shape index (κ2) is 10.3. The van der Waals surface area contributed by atoms with Gasteiger partial charge in [-0.05, 0) is 23.6 Å². The third kappa shape index (κ3) is 6.84. The van der Waals surface area contributed by atoms with Crippen molar-refractivity contribution in [2.75, 3.05) is 17.2 Å². The quantitative estimate of drug-likeness (QED) is 0.425. The lowest BCUT2D eigenvalue weighted by Crippen LogP contribution is -2.30. The van der Waals surface area contributed by atoms with Crippen LogP contribution in [-0.2, 0) is 6.54 Å². The number of hydrogen-bond acceptors (Lipinski definition) is 6. The Balaban J connectivity index is 1.93. The van der Waals surface area contributed by atoms with Gasteiger partial charge in [-0.15, -0.1) is 13.2 Å². The third-order valence-corrected chi connectivity index (χ3v) is 4.72. The maximum absolute atomic E-state index is 12.6. The van der Waals surface area contributed by atoms with Gasteiger partial charge >= 0.3 is 6.36 Å². The molecule has 0 aliphatic rings. The highest BCUT2D eigenvalue weighted by atomic mass is 19.4. The number of nitrogens with one attached hydrogen (secondary N) is 2. The van der Waals surface area contributed by atoms with E-state index in [0.29, 0.717) is 23.6 Å². The Hall–Kier alpha value is -3.33. The van der Waals surface area contributed by atoms with E-state index < -0.39 is 6.36 Å². The number of aliphatic hydroxyl groups excluding tert-OH is 1. The molecular formula is C23H25F3N4O2. The van der Waals surface area contributed by atoms with Gasteiger partial charge in [0.25, 0.3) is 0 Å². The van der Waals surface area contributed by atoms with E-state index in [9.17, 15) is 18.3 Å². The van der Waals surface area contributed by atoms with E-state index in [-0.39, 0.29) is 30.3 Å². The average molecular weight is 446 g/mol. The number of ether oxygens (including phenoxy) is 1. The number of benzene rings is 2. The van der Waals surface area contributed by atoms with Gasteiger partial charge in [-0.2, -0.15) is 4.98 Å². The van der Waals surface area contributed by atoms with Gasteiger partial charge in [-0.1, -0.05) is 56.3 Å². The van der Waals surface area contributed by atoms with Gasteiger partial charge in [0.15, 0.2) is 0 Å². The zero-order chi connectivity index (χ0) is 23.1. The van der Waals surface area contributed by atoms with Crippen LogP contribution in [0.15, 0.2) is 60.7 Å². The van der Waals surface area contributed by atoms with Crippen molar-refractivity contribution in [2.24, 2.45) is 5.92 Å². The van der Waals surface area contributed by atoms with Crippen LogP contribution in [0.25, 0.3) is 11.3 Å². The molecule has 0 saturated carbocycles. The van der Waals surface area contributed by atoms with Crippen LogP contribution in [0.3, 0.4) is 0 Å². The molecule has 1 aromatic heterocycles. The maximum Gasteiger partial charge on any atom is 0.573 e. The molecular weight excluding hydrogens is 421 g/mol. The first-order valence-corrected chi connectivity index (χ1v) is 10.1. The zero-order valence-electron chi connectivity index (χ0n) is 17.7. The molecule has 3 rings (SSSR count). The summed E-state index contributed by atoms with van der Waals surface area (Å²) in [5, 5.41) is 16.0. The molecule has 0 unspecified atom stereocenters. The van der Waals surface area contributed by atoms with E-state index in [1.807, 2.05) is 44.2 Å². The Labute approximate surface area is 184 Å². The second-order valence-electron chi connectivity index (χ2n) is 7.55. The number of aromatic nitrogens is 2. The Morgan fingerprint density at radius 2 is 1.75 bits per heavy atom. The molecule has 1 atom stereocenters. The van der Waals surface area contributed by atoms with Crippen LogP contribution in [0.2, 0.25) is 0 Å². The van der Waals surface area contributed by atoms with E-state index >= 15 is 0 Å². The SMILES string of the molecule is CC(C)[C@H](CO)Nc1nc(NCc2ccccc2)cc(-c2cccc(OC(F)(F)F)c2)n1. The molecule has 32 heavy (non-hydrogen) atoms. The van der Waals surface area contributed by atoms with Crippen LogP contribution in [-0.4, -0.2) is 34.1 Å². The van der Waals surface area contributed by atoms with E-state index in [1.54, 1.807) is 12.1 Å². The highest BCUT2D eigenvalue weighted by molar-refractivity contribution is 5.66. The number of alkyl halides is 3. The molecule has 0 radical (unpaired) electrons. The Morgan fingerprint density at radius 3 is 2.41 bits per heavy atom. The van der Waals surface area contributed by atoms with E-state index in [2.05, 4.69) is 25.3 Å². The topological polar surface area (TPSA) is 79.3 Å². The van der Waals surface area contributed by atoms with E-state index in [4.69, 9.17) is 0 Å². The number of aliphatic hydroxyl groups is 1. The minimum Gasteiger partial charge on any atom is -0.406 e. The summed E-state index contributed by atoms with van der Waals surface area (Å²) < 4.78 is 41.9. The van der Waals surface area contributed by atoms with E-state index in [1.165, 1.54) is 18.2 Å². The molecule has 0 fully saturated rings. The summed E-state index contributed by atoms with van der Waals surface area (Å²) in [7, 11) is 0. The molecule has 3 aromatic rings. The molecule has 6 nitrogen and oxygen atoms in total. The highest BCUT2D eigenvalue weighted by Gasteiger charge is 2.31. The van der Waals surface area contributed by atoms with Crippen molar-refractivity contribution < 1.29 is 23.0 Å². The Morgan fingerprint density at radius 1 is 1.00 bits per heavy atom. The maximum atomic E-state index is 12.6. The Bertz CT molecular complexity index is 1010. The first kappa shape index (κ1) is 23.3. The molecule has 3 N–H and O–H groups in total. The molecule has 0 aliphatic carbocycles. The van der Waals surface area contributed by atoms with Crippen LogP contribution in [0.5, 0.6) is 5.75 Å². The van der Waals surface area contributed by atoms with Crippen molar-refractivity contribution in [3.05, 3.63) is 66.2 Å². The summed E-state index contributed by atoms with van der Waals surface area (Å²) >= 11 is 0. The summed E-state index contributed by atoms with van der Waals surface area (Å²) in [5.41, 5.74) is 1.88. The van der Waals surface area contributed by atoms with Gasteiger partial charge in [0.2, 0.25) is 5.95 Å². The summed E-state index contributed by atoms with van der Waals surface area (Å²) in [6.45, 7) is 4.28. The summed E-state index contributed by atoms with van der Waals surface area (Å²) in [4.78, 5) is 8.93. The van der Waals surface area contributed by atoms with Crippen molar-refractivity contribution in [2.45, 2.75) is 32.8 Å². The minimum absolute atomic E-state index is 0.108. The first-order valence-electron chi connectivity index (χ1n) is 10.1. The van der Waals surface area contributed by atoms with Crippen LogP contribution in [0.1, 0.15) is 19.4 Å². The second-order valence-corrected chi connectivity index (χ2v) is 7.55. The number of rotatable bonds is 9. The predicted octanol–water partition coefficient (Wildman–Crippen LogP) is 5.08. The van der Waals surface area contributed by atoms with Crippen molar-refractivity contribution >= 4 is 11.8 Å². The number of halogens is 3. The average Bonchev–Trinajstić information content (AvgIpc) is 2.75. The molecule has 2 aromatic carbocycles. The molecule has 9 heteroatoms. The van der Waals surface area contributed by atoms with Gasteiger partial charge in [0.1, 0.15) is 11.6 Å². The van der Waals surface area contributed by atoms with Crippen molar-refractivity contribution in [1.82, 2.24) is 9.97 Å². The molecule has 170 valence electrons. The standard InChI is InChI=1S/C23H25F3N4O2/c1-15(2)20(14-31)29-22-28-19(17-9-6-10-18(11-17)32-23(24,25)26)12-21(30-22)27-13-16-7-4-3-5-8-16/h3-12,15,20,31H,13-14H2,1-2H3,(H2,27,28,29,30)/t20-/m0/s1. The fraction of sp³-hybridized carbons (Fsp3) is 0.304. The normalized spacial score (nSPS) is 12.5. The molecule has 0 bridgehead atoms. The molecule has 0 saturated heterocycles. The Kier molecular flexibility index (Phi) is 7.53. The van der Waals surface area contributed by atoms with E-state index in [0.717, 1.165) is 5.56 Å². The lowest BCUT2D eigenvalue weighted by Gasteiger charge is -2.21. The largest absolute Gasteiger partial charge is 0.573 e. The van der Waals surface area contributed by atoms with Gasteiger partial charge < -0.3 is 20.5 Å². The molecule has 0 aliphatic heterocycles. The van der Waals surface area contributed by atoms with Crippen LogP contribution in [0.4, 0.5) is 24.9 Å². The van der Waals surface area contributed by atoms with Crippen molar-refractivity contribution in [1.29, 1.82) is 0 Å². The highest BCUT2D eigenvalue weighted by Crippen LogP contribution is 2.29. The summed E-state index contributed by atoms with van der Waals surface area (Å²) in [6, 6.07) is 16.7. The summed E-state index contributed by atoms with van der Waals surface area (Å²) in [6.07, 6.45) is -4.79. The van der Waals surface area contributed by atoms with Crippen LogP contribution >= 0.6 is 0 Å². The van der Waals surface area contributed by atoms with Gasteiger partial charge in [-0.25, -0.2) is 4.98 Å². The lowest BCUT2D eigenvalue weighted by atomic mass is 10.1. The van der Waals surface area contributed by atoms with Crippen molar-refractivity contribution in [3.63, 3.8) is 0 Å². The number of nitrogens with zero attached hydrogens (tertiary/aromatic N) is 2. The number of hydrogen-bond donors (Lipinski definition) is 3. The molecule has 0 spiro atoms. The van der Waals surface area contributed by atoms with Gasteiger partial charge in [0.05, 0.1) is 18.3 Å². The first-order chi connectivity index (χ1) is 15.2. The van der Waals surface area contributed by atoms with Gasteiger partial charge in [0, 0.05) is 18.2 Å². The zero-order valence-corrected chi connectivity index (χ0v) is 17.7. The predicted molar refractivity (Wildman–Crippen MR) is 117 cm³/mol. The van der Waals surface area contributed by atoms with Crippen LogP contribution < -0.4 is 15.4 Å². The van der Waals surface area contributed by atoms with Crippen LogP contribution in [0, 0.1) is 5.92 Å². The fourth-order valence-electron chi connectivity index (χ4n) is 2.98. The molecule has 1 heterocycles.